The lowest BCUT2D eigenvalue weighted by molar-refractivity contribution is -0.137. The van der Waals surface area contributed by atoms with E-state index in [1.54, 1.807) is 18.2 Å². The zero-order valence-corrected chi connectivity index (χ0v) is 7.66. The van der Waals surface area contributed by atoms with Crippen molar-refractivity contribution in [3.63, 3.8) is 0 Å². The van der Waals surface area contributed by atoms with Crippen LogP contribution in [-0.2, 0) is 10.2 Å². The van der Waals surface area contributed by atoms with E-state index in [1.807, 2.05) is 0 Å². The molecule has 74 valence electrons. The summed E-state index contributed by atoms with van der Waals surface area (Å²) in [6, 6.07) is 6.44. The molecule has 0 amide bonds. The molecular weight excluding hydrogens is 183 g/mol. The largest absolute Gasteiger partial charge is 0.481 e. The van der Waals surface area contributed by atoms with Crippen LogP contribution in [0.4, 0.5) is 4.39 Å². The van der Waals surface area contributed by atoms with E-state index >= 15 is 0 Å². The smallest absolute Gasteiger partial charge is 0.304 e. The van der Waals surface area contributed by atoms with Gasteiger partial charge < -0.3 is 5.11 Å². The van der Waals surface area contributed by atoms with Crippen LogP contribution in [0.1, 0.15) is 24.8 Å². The molecular formula is C11H11FO2. The third kappa shape index (κ3) is 1.50. The van der Waals surface area contributed by atoms with Gasteiger partial charge >= 0.3 is 5.97 Å². The number of carbonyl (C=O) groups is 1. The van der Waals surface area contributed by atoms with E-state index < -0.39 is 11.4 Å². The van der Waals surface area contributed by atoms with Crippen molar-refractivity contribution in [1.82, 2.24) is 0 Å². The van der Waals surface area contributed by atoms with Crippen molar-refractivity contribution in [3.05, 3.63) is 35.6 Å². The van der Waals surface area contributed by atoms with Crippen LogP contribution >= 0.6 is 0 Å². The highest BCUT2D eigenvalue weighted by Crippen LogP contribution is 2.51. The van der Waals surface area contributed by atoms with Crippen molar-refractivity contribution in [3.8, 4) is 0 Å². The molecule has 1 fully saturated rings. The molecule has 0 heterocycles. The van der Waals surface area contributed by atoms with E-state index in [2.05, 4.69) is 0 Å². The predicted octanol–water partition coefficient (Wildman–Crippen LogP) is 2.33. The molecule has 1 aliphatic carbocycles. The molecule has 0 radical (unpaired) electrons. The number of aliphatic carboxylic acids is 1. The Bertz CT molecular complexity index is 369. The first-order valence-corrected chi connectivity index (χ1v) is 4.61. The number of hydrogen-bond donors (Lipinski definition) is 1. The van der Waals surface area contributed by atoms with E-state index in [4.69, 9.17) is 5.11 Å². The van der Waals surface area contributed by atoms with Gasteiger partial charge in [0.15, 0.2) is 0 Å². The molecule has 0 bridgehead atoms. The molecule has 0 unspecified atom stereocenters. The van der Waals surface area contributed by atoms with E-state index in [0.717, 1.165) is 12.8 Å². The molecule has 1 aromatic rings. The number of rotatable bonds is 3. The maximum absolute atomic E-state index is 13.4. The Morgan fingerprint density at radius 2 is 2.07 bits per heavy atom. The van der Waals surface area contributed by atoms with Gasteiger partial charge in [-0.2, -0.15) is 0 Å². The summed E-state index contributed by atoms with van der Waals surface area (Å²) < 4.78 is 13.4. The van der Waals surface area contributed by atoms with Crippen LogP contribution in [0.3, 0.4) is 0 Å². The Morgan fingerprint density at radius 1 is 1.43 bits per heavy atom. The molecule has 3 heteroatoms. The molecule has 1 N–H and O–H groups in total. The average Bonchev–Trinajstić information content (AvgIpc) is 2.85. The highest BCUT2D eigenvalue weighted by molar-refractivity contribution is 5.70. The number of carboxylic acid groups (broad SMARTS) is 1. The monoisotopic (exact) mass is 194 g/mol. The normalized spacial score (nSPS) is 17.8. The zero-order valence-electron chi connectivity index (χ0n) is 7.66. The Morgan fingerprint density at radius 3 is 2.57 bits per heavy atom. The molecule has 1 aliphatic rings. The topological polar surface area (TPSA) is 37.3 Å². The van der Waals surface area contributed by atoms with Gasteiger partial charge in [0.25, 0.3) is 0 Å². The fourth-order valence-corrected chi connectivity index (χ4v) is 1.87. The average molecular weight is 194 g/mol. The minimum atomic E-state index is -0.856. The highest BCUT2D eigenvalue weighted by Gasteiger charge is 2.47. The van der Waals surface area contributed by atoms with Gasteiger partial charge in [0.05, 0.1) is 6.42 Å². The lowest BCUT2D eigenvalue weighted by Gasteiger charge is -2.13. The molecule has 2 nitrogen and oxygen atoms in total. The van der Waals surface area contributed by atoms with E-state index in [9.17, 15) is 9.18 Å². The summed E-state index contributed by atoms with van der Waals surface area (Å²) in [5, 5.41) is 8.72. The van der Waals surface area contributed by atoms with E-state index in [1.165, 1.54) is 6.07 Å². The molecule has 2 rings (SSSR count). The third-order valence-corrected chi connectivity index (χ3v) is 2.79. The summed E-state index contributed by atoms with van der Waals surface area (Å²) >= 11 is 0. The lowest BCUT2D eigenvalue weighted by Crippen LogP contribution is -2.14. The molecule has 0 saturated heterocycles. The van der Waals surface area contributed by atoms with E-state index in [-0.39, 0.29) is 12.2 Å². The molecule has 0 atom stereocenters. The lowest BCUT2D eigenvalue weighted by atomic mass is 9.92. The number of benzene rings is 1. The molecule has 0 spiro atoms. The fraction of sp³-hybridized carbons (Fsp3) is 0.364. The molecule has 0 aliphatic heterocycles. The van der Waals surface area contributed by atoms with Gasteiger partial charge in [-0.15, -0.1) is 0 Å². The second-order valence-electron chi connectivity index (χ2n) is 3.83. The minimum absolute atomic E-state index is 0.0356. The Labute approximate surface area is 81.4 Å². The summed E-state index contributed by atoms with van der Waals surface area (Å²) in [4.78, 5) is 10.6. The van der Waals surface area contributed by atoms with Gasteiger partial charge in [-0.05, 0) is 24.5 Å². The van der Waals surface area contributed by atoms with Crippen molar-refractivity contribution in [2.75, 3.05) is 0 Å². The van der Waals surface area contributed by atoms with Crippen molar-refractivity contribution in [1.29, 1.82) is 0 Å². The van der Waals surface area contributed by atoms with Crippen LogP contribution in [0.15, 0.2) is 24.3 Å². The van der Waals surface area contributed by atoms with Crippen molar-refractivity contribution in [2.24, 2.45) is 0 Å². The van der Waals surface area contributed by atoms with Gasteiger partial charge in [-0.25, -0.2) is 4.39 Å². The van der Waals surface area contributed by atoms with Crippen molar-refractivity contribution >= 4 is 5.97 Å². The van der Waals surface area contributed by atoms with Gasteiger partial charge in [-0.1, -0.05) is 18.2 Å². The number of halogens is 1. The SMILES string of the molecule is O=C(O)CC1(c2ccccc2F)CC1. The predicted molar refractivity (Wildman–Crippen MR) is 49.6 cm³/mol. The summed E-state index contributed by atoms with van der Waals surface area (Å²) in [5.41, 5.74) is 0.138. The maximum atomic E-state index is 13.4. The fourth-order valence-electron chi connectivity index (χ4n) is 1.87. The Balaban J connectivity index is 2.31. The molecule has 14 heavy (non-hydrogen) atoms. The summed E-state index contributed by atoms with van der Waals surface area (Å²) in [6.07, 6.45) is 1.59. The van der Waals surface area contributed by atoms with Crippen LogP contribution in [0, 0.1) is 5.82 Å². The van der Waals surface area contributed by atoms with Crippen molar-refractivity contribution < 1.29 is 14.3 Å². The summed E-state index contributed by atoms with van der Waals surface area (Å²) in [6.45, 7) is 0. The first-order chi connectivity index (χ1) is 6.64. The quantitative estimate of drug-likeness (QED) is 0.801. The molecule has 1 saturated carbocycles. The standard InChI is InChI=1S/C11H11FO2/c12-9-4-2-1-3-8(9)11(5-6-11)7-10(13)14/h1-4H,5-7H2,(H,13,14). The van der Waals surface area contributed by atoms with Gasteiger partial charge in [-0.3, -0.25) is 4.79 Å². The van der Waals surface area contributed by atoms with Crippen LogP contribution in [0.5, 0.6) is 0 Å². The first-order valence-electron chi connectivity index (χ1n) is 4.61. The zero-order chi connectivity index (χ0) is 10.2. The number of hydrogen-bond acceptors (Lipinski definition) is 1. The first kappa shape index (κ1) is 9.19. The van der Waals surface area contributed by atoms with Crippen LogP contribution in [0.2, 0.25) is 0 Å². The van der Waals surface area contributed by atoms with Crippen LogP contribution in [-0.4, -0.2) is 11.1 Å². The van der Waals surface area contributed by atoms with E-state index in [0.29, 0.717) is 5.56 Å². The number of carboxylic acids is 1. The van der Waals surface area contributed by atoms with Gasteiger partial charge in [0, 0.05) is 5.41 Å². The molecule has 1 aromatic carbocycles. The Hall–Kier alpha value is -1.38. The Kier molecular flexibility index (Phi) is 2.02. The summed E-state index contributed by atoms with van der Waals surface area (Å²) in [7, 11) is 0. The summed E-state index contributed by atoms with van der Waals surface area (Å²) in [5.74, 6) is -1.14. The van der Waals surface area contributed by atoms with Crippen LogP contribution in [0.25, 0.3) is 0 Å². The third-order valence-electron chi connectivity index (χ3n) is 2.79. The molecule has 0 aromatic heterocycles. The highest BCUT2D eigenvalue weighted by atomic mass is 19.1. The maximum Gasteiger partial charge on any atom is 0.304 e. The van der Waals surface area contributed by atoms with Gasteiger partial charge in [0.1, 0.15) is 5.82 Å². The second-order valence-corrected chi connectivity index (χ2v) is 3.83. The van der Waals surface area contributed by atoms with Crippen LogP contribution < -0.4 is 0 Å². The second kappa shape index (κ2) is 3.08. The minimum Gasteiger partial charge on any atom is -0.481 e. The van der Waals surface area contributed by atoms with Gasteiger partial charge in [0.2, 0.25) is 0 Å². The van der Waals surface area contributed by atoms with Crippen molar-refractivity contribution in [2.45, 2.75) is 24.7 Å².